The summed E-state index contributed by atoms with van der Waals surface area (Å²) in [5.74, 6) is 0.234. The molecular formula is C26H35N7O3. The molecule has 10 heteroatoms. The van der Waals surface area contributed by atoms with Crippen LogP contribution >= 0.6 is 0 Å². The van der Waals surface area contributed by atoms with Crippen LogP contribution in [0, 0.1) is 5.41 Å². The molecule has 3 heterocycles. The van der Waals surface area contributed by atoms with Gasteiger partial charge in [-0.3, -0.25) is 9.59 Å². The largest absolute Gasteiger partial charge is 0.481 e. The second-order valence-electron chi connectivity index (χ2n) is 10.5. The third kappa shape index (κ3) is 5.42. The van der Waals surface area contributed by atoms with Crippen LogP contribution in [0.4, 0.5) is 23.1 Å². The molecular weight excluding hydrogens is 458 g/mol. The molecule has 0 amide bonds. The highest BCUT2D eigenvalue weighted by molar-refractivity contribution is 5.90. The molecule has 1 aliphatic heterocycles. The molecule has 1 saturated heterocycles. The summed E-state index contributed by atoms with van der Waals surface area (Å²) in [5.41, 5.74) is 1.86. The predicted octanol–water partition coefficient (Wildman–Crippen LogP) is 4.16. The van der Waals surface area contributed by atoms with E-state index < -0.39 is 5.97 Å². The molecule has 10 nitrogen and oxygen atoms in total. The van der Waals surface area contributed by atoms with Gasteiger partial charge in [-0.2, -0.15) is 10.1 Å². The van der Waals surface area contributed by atoms with E-state index in [4.69, 9.17) is 4.98 Å². The van der Waals surface area contributed by atoms with E-state index in [1.54, 1.807) is 6.20 Å². The fourth-order valence-electron chi connectivity index (χ4n) is 4.99. The van der Waals surface area contributed by atoms with Gasteiger partial charge in [-0.15, -0.1) is 0 Å². The highest BCUT2D eigenvalue weighted by Gasteiger charge is 2.32. The van der Waals surface area contributed by atoms with Gasteiger partial charge in [0, 0.05) is 36.5 Å². The Hall–Kier alpha value is -3.69. The van der Waals surface area contributed by atoms with Gasteiger partial charge in [0.1, 0.15) is 16.7 Å². The van der Waals surface area contributed by atoms with E-state index in [1.807, 2.05) is 24.3 Å². The molecule has 0 saturated carbocycles. The van der Waals surface area contributed by atoms with Gasteiger partial charge < -0.3 is 20.2 Å². The third-order valence-corrected chi connectivity index (χ3v) is 6.89. The Bertz CT molecular complexity index is 1270. The van der Waals surface area contributed by atoms with Crippen LogP contribution in [0.25, 0.3) is 10.9 Å². The number of aliphatic carboxylic acids is 1. The smallest absolute Gasteiger partial charge is 0.303 e. The van der Waals surface area contributed by atoms with Crippen LogP contribution in [0.1, 0.15) is 53.9 Å². The van der Waals surface area contributed by atoms with Gasteiger partial charge in [-0.05, 0) is 70.2 Å². The van der Waals surface area contributed by atoms with Crippen LogP contribution < -0.4 is 20.7 Å². The molecule has 0 bridgehead atoms. The fraction of sp³-hybridized carbons (Fsp3) is 0.500. The Morgan fingerprint density at radius 1 is 1.14 bits per heavy atom. The van der Waals surface area contributed by atoms with Gasteiger partial charge in [0.2, 0.25) is 5.95 Å². The molecule has 3 N–H and O–H groups in total. The van der Waals surface area contributed by atoms with Gasteiger partial charge in [-0.25, -0.2) is 10.1 Å². The van der Waals surface area contributed by atoms with Gasteiger partial charge in [-0.1, -0.05) is 6.92 Å². The van der Waals surface area contributed by atoms with Crippen molar-refractivity contribution in [2.24, 2.45) is 5.41 Å². The summed E-state index contributed by atoms with van der Waals surface area (Å²) in [5, 5.41) is 19.3. The second-order valence-corrected chi connectivity index (χ2v) is 10.5. The predicted molar refractivity (Wildman–Crippen MR) is 142 cm³/mol. The van der Waals surface area contributed by atoms with Crippen LogP contribution in [0.5, 0.6) is 0 Å². The lowest BCUT2D eigenvalue weighted by atomic mass is 9.77. The van der Waals surface area contributed by atoms with Crippen LogP contribution in [0.15, 0.2) is 35.3 Å². The number of carbonyl (C=O) groups is 1. The lowest BCUT2D eigenvalue weighted by Crippen LogP contribution is -2.39. The molecule has 0 spiro atoms. The van der Waals surface area contributed by atoms with Gasteiger partial charge in [0.15, 0.2) is 0 Å². The van der Waals surface area contributed by atoms with E-state index in [0.29, 0.717) is 22.7 Å². The quantitative estimate of drug-likeness (QED) is 0.424. The first kappa shape index (κ1) is 25.4. The minimum absolute atomic E-state index is 0.155. The summed E-state index contributed by atoms with van der Waals surface area (Å²) in [4.78, 5) is 37.6. The molecule has 0 atom stereocenters. The molecule has 3 aromatic rings. The Balaban J connectivity index is 1.58. The van der Waals surface area contributed by atoms with E-state index in [-0.39, 0.29) is 29.5 Å². The van der Waals surface area contributed by atoms with E-state index in [9.17, 15) is 14.7 Å². The van der Waals surface area contributed by atoms with Gasteiger partial charge in [0.25, 0.3) is 5.56 Å². The molecule has 4 rings (SSSR count). The molecule has 1 aliphatic rings. The van der Waals surface area contributed by atoms with E-state index in [1.165, 1.54) is 0 Å². The standard InChI is InChI=1S/C26H35N7O3/c1-16(2)33(17(3)4)25-29-20-15-27-31-24(36)22(20)23(30-25)28-18-6-8-19(9-7-18)32-12-10-26(5,11-13-32)14-21(34)35/h6-9,15-17H,10-14H2,1-5H3,(H,31,36)(H,34,35)(H,28,29,30). The van der Waals surface area contributed by atoms with Crippen molar-refractivity contribution in [1.82, 2.24) is 20.2 Å². The maximum absolute atomic E-state index is 12.6. The summed E-state index contributed by atoms with van der Waals surface area (Å²) < 4.78 is 0. The van der Waals surface area contributed by atoms with Crippen molar-refractivity contribution >= 4 is 40.0 Å². The average molecular weight is 494 g/mol. The van der Waals surface area contributed by atoms with Gasteiger partial charge in [0.05, 0.1) is 12.6 Å². The van der Waals surface area contributed by atoms with Crippen molar-refractivity contribution in [2.45, 2.75) is 66.0 Å². The number of hydrogen-bond donors (Lipinski definition) is 3. The Morgan fingerprint density at radius 2 is 1.78 bits per heavy atom. The van der Waals surface area contributed by atoms with Crippen molar-refractivity contribution in [3.63, 3.8) is 0 Å². The molecule has 192 valence electrons. The number of rotatable bonds is 8. The van der Waals surface area contributed by atoms with Crippen LogP contribution in [0.2, 0.25) is 0 Å². The summed E-state index contributed by atoms with van der Waals surface area (Å²) in [6.45, 7) is 12.0. The first-order chi connectivity index (χ1) is 17.1. The lowest BCUT2D eigenvalue weighted by Gasteiger charge is -2.39. The number of anilines is 4. The second kappa shape index (κ2) is 10.1. The number of piperidine rings is 1. The number of hydrogen-bond acceptors (Lipinski definition) is 8. The van der Waals surface area contributed by atoms with E-state index >= 15 is 0 Å². The zero-order valence-electron chi connectivity index (χ0n) is 21.6. The average Bonchev–Trinajstić information content (AvgIpc) is 2.79. The highest BCUT2D eigenvalue weighted by atomic mass is 16.4. The number of aromatic amines is 1. The third-order valence-electron chi connectivity index (χ3n) is 6.89. The number of fused-ring (bicyclic) bond motifs is 1. The first-order valence-corrected chi connectivity index (χ1v) is 12.4. The lowest BCUT2D eigenvalue weighted by molar-refractivity contribution is -0.139. The van der Waals surface area contributed by atoms with Crippen LogP contribution in [-0.2, 0) is 4.79 Å². The van der Waals surface area contributed by atoms with Crippen LogP contribution in [0.3, 0.4) is 0 Å². The Kier molecular flexibility index (Phi) is 7.14. The monoisotopic (exact) mass is 493 g/mol. The zero-order valence-corrected chi connectivity index (χ0v) is 21.6. The van der Waals surface area contributed by atoms with Crippen molar-refractivity contribution in [1.29, 1.82) is 0 Å². The Labute approximate surface area is 210 Å². The van der Waals surface area contributed by atoms with E-state index in [0.717, 1.165) is 37.3 Å². The number of carboxylic acid groups (broad SMARTS) is 1. The number of aromatic nitrogens is 4. The van der Waals surface area contributed by atoms with Crippen molar-refractivity contribution in [3.05, 3.63) is 40.8 Å². The molecule has 2 aromatic heterocycles. The summed E-state index contributed by atoms with van der Waals surface area (Å²) in [6, 6.07) is 8.34. The highest BCUT2D eigenvalue weighted by Crippen LogP contribution is 2.36. The zero-order chi connectivity index (χ0) is 26.0. The number of benzene rings is 1. The maximum atomic E-state index is 12.6. The maximum Gasteiger partial charge on any atom is 0.303 e. The van der Waals surface area contributed by atoms with Gasteiger partial charge >= 0.3 is 5.97 Å². The van der Waals surface area contributed by atoms with E-state index in [2.05, 4.69) is 64.9 Å². The SMILES string of the molecule is CC(C)N(c1nc(Nc2ccc(N3CCC(C)(CC(=O)O)CC3)cc2)c2c(=O)[nH]ncc2n1)C(C)C. The van der Waals surface area contributed by atoms with Crippen molar-refractivity contribution in [3.8, 4) is 0 Å². The van der Waals surface area contributed by atoms with Crippen molar-refractivity contribution in [2.75, 3.05) is 28.2 Å². The normalized spacial score (nSPS) is 15.5. The van der Waals surface area contributed by atoms with Crippen molar-refractivity contribution < 1.29 is 9.90 Å². The number of nitrogens with zero attached hydrogens (tertiary/aromatic N) is 5. The minimum Gasteiger partial charge on any atom is -0.481 e. The number of nitrogens with one attached hydrogen (secondary N) is 2. The topological polar surface area (TPSA) is 127 Å². The summed E-state index contributed by atoms with van der Waals surface area (Å²) in [7, 11) is 0. The summed E-state index contributed by atoms with van der Waals surface area (Å²) >= 11 is 0. The first-order valence-electron chi connectivity index (χ1n) is 12.4. The minimum atomic E-state index is -0.735. The number of carboxylic acids is 1. The number of H-pyrrole nitrogens is 1. The molecule has 0 aliphatic carbocycles. The van der Waals surface area contributed by atoms with Crippen LogP contribution in [-0.4, -0.2) is 56.4 Å². The molecule has 1 aromatic carbocycles. The Morgan fingerprint density at radius 3 is 2.36 bits per heavy atom. The fourth-order valence-corrected chi connectivity index (χ4v) is 4.99. The summed E-state index contributed by atoms with van der Waals surface area (Å²) in [6.07, 6.45) is 3.43. The molecule has 36 heavy (non-hydrogen) atoms. The molecule has 0 unspecified atom stereocenters. The molecule has 0 radical (unpaired) electrons. The molecule has 1 fully saturated rings.